The first-order chi connectivity index (χ1) is 12.0. The molecule has 0 aromatic heterocycles. The smallest absolute Gasteiger partial charge is 0.316 e. The molecule has 130 valence electrons. The fraction of sp³-hybridized carbons (Fsp3) is 0.263. The van der Waals surface area contributed by atoms with Crippen LogP contribution in [0.5, 0.6) is 0 Å². The van der Waals surface area contributed by atoms with Gasteiger partial charge in [-0.3, -0.25) is 9.59 Å². The highest BCUT2D eigenvalue weighted by Crippen LogP contribution is 2.35. The molecule has 0 radical (unpaired) electrons. The predicted octanol–water partition coefficient (Wildman–Crippen LogP) is 2.13. The number of aliphatic hydroxyl groups excluding tert-OH is 1. The number of nitrogens with one attached hydrogen (secondary N) is 1. The maximum absolute atomic E-state index is 13.6. The SMILES string of the molecule is CC1CN(C(=O)C(=O)NCC(O)c2ccccc2F)c2ccccc21. The number of para-hydroxylation sites is 1. The molecule has 2 aromatic rings. The Hall–Kier alpha value is -2.73. The maximum atomic E-state index is 13.6. The summed E-state index contributed by atoms with van der Waals surface area (Å²) in [5.74, 6) is -1.91. The number of hydrogen-bond donors (Lipinski definition) is 2. The van der Waals surface area contributed by atoms with Gasteiger partial charge in [0.25, 0.3) is 0 Å². The Bertz CT molecular complexity index is 809. The second kappa shape index (κ2) is 7.03. The van der Waals surface area contributed by atoms with Gasteiger partial charge in [0.1, 0.15) is 5.82 Å². The van der Waals surface area contributed by atoms with E-state index in [1.807, 2.05) is 25.1 Å². The lowest BCUT2D eigenvalue weighted by Crippen LogP contribution is -2.43. The average molecular weight is 342 g/mol. The van der Waals surface area contributed by atoms with Gasteiger partial charge in [0.2, 0.25) is 0 Å². The normalized spacial score (nSPS) is 17.1. The molecule has 2 aromatic carbocycles. The summed E-state index contributed by atoms with van der Waals surface area (Å²) in [5, 5.41) is 12.4. The minimum atomic E-state index is -1.22. The number of rotatable bonds is 3. The zero-order valence-corrected chi connectivity index (χ0v) is 13.8. The van der Waals surface area contributed by atoms with Crippen molar-refractivity contribution in [1.29, 1.82) is 0 Å². The summed E-state index contributed by atoms with van der Waals surface area (Å²) in [4.78, 5) is 26.0. The van der Waals surface area contributed by atoms with Crippen molar-refractivity contribution in [2.24, 2.45) is 0 Å². The van der Waals surface area contributed by atoms with E-state index in [1.165, 1.54) is 23.1 Å². The van der Waals surface area contributed by atoms with Crippen LogP contribution in [0.1, 0.15) is 30.1 Å². The second-order valence-electron chi connectivity index (χ2n) is 6.12. The van der Waals surface area contributed by atoms with E-state index in [0.717, 1.165) is 11.3 Å². The molecule has 0 fully saturated rings. The van der Waals surface area contributed by atoms with Gasteiger partial charge in [-0.2, -0.15) is 0 Å². The number of benzene rings is 2. The highest BCUT2D eigenvalue weighted by molar-refractivity contribution is 6.40. The molecule has 1 aliphatic heterocycles. The zero-order valence-electron chi connectivity index (χ0n) is 13.8. The van der Waals surface area contributed by atoms with E-state index < -0.39 is 23.7 Å². The van der Waals surface area contributed by atoms with Gasteiger partial charge in [-0.05, 0) is 17.7 Å². The quantitative estimate of drug-likeness (QED) is 0.840. The minimum absolute atomic E-state index is 0.0791. The van der Waals surface area contributed by atoms with Gasteiger partial charge in [0.15, 0.2) is 0 Å². The third-order valence-electron chi connectivity index (χ3n) is 4.37. The zero-order chi connectivity index (χ0) is 18.0. The molecule has 0 aliphatic carbocycles. The van der Waals surface area contributed by atoms with Crippen molar-refractivity contribution in [1.82, 2.24) is 5.32 Å². The Balaban J connectivity index is 1.64. The molecule has 2 amide bonds. The van der Waals surface area contributed by atoms with Crippen LogP contribution >= 0.6 is 0 Å². The van der Waals surface area contributed by atoms with Crippen molar-refractivity contribution < 1.29 is 19.1 Å². The lowest BCUT2D eigenvalue weighted by Gasteiger charge is -2.18. The first kappa shape index (κ1) is 17.1. The lowest BCUT2D eigenvalue weighted by atomic mass is 10.0. The third-order valence-corrected chi connectivity index (χ3v) is 4.37. The highest BCUT2D eigenvalue weighted by atomic mass is 19.1. The predicted molar refractivity (Wildman–Crippen MR) is 91.6 cm³/mol. The Morgan fingerprint density at radius 3 is 2.68 bits per heavy atom. The van der Waals surface area contributed by atoms with Crippen molar-refractivity contribution in [3.63, 3.8) is 0 Å². The molecule has 6 heteroatoms. The Kier molecular flexibility index (Phi) is 4.81. The van der Waals surface area contributed by atoms with E-state index in [9.17, 15) is 19.1 Å². The largest absolute Gasteiger partial charge is 0.386 e. The summed E-state index contributed by atoms with van der Waals surface area (Å²) in [6.07, 6.45) is -1.22. The number of hydrogen-bond acceptors (Lipinski definition) is 3. The van der Waals surface area contributed by atoms with Crippen LogP contribution in [0.4, 0.5) is 10.1 Å². The molecule has 3 rings (SSSR count). The van der Waals surface area contributed by atoms with Crippen LogP contribution < -0.4 is 10.2 Å². The summed E-state index contributed by atoms with van der Waals surface area (Å²) in [6, 6.07) is 13.2. The lowest BCUT2D eigenvalue weighted by molar-refractivity contribution is -0.137. The van der Waals surface area contributed by atoms with E-state index in [0.29, 0.717) is 6.54 Å². The Labute approximate surface area is 145 Å². The maximum Gasteiger partial charge on any atom is 0.316 e. The number of aliphatic hydroxyl groups is 1. The van der Waals surface area contributed by atoms with Crippen LogP contribution in [0.15, 0.2) is 48.5 Å². The number of halogens is 1. The summed E-state index contributed by atoms with van der Waals surface area (Å²) < 4.78 is 13.6. The first-order valence-electron chi connectivity index (χ1n) is 8.10. The molecular formula is C19H19FN2O3. The summed E-state index contributed by atoms with van der Waals surface area (Å²) in [5.41, 5.74) is 1.83. The minimum Gasteiger partial charge on any atom is -0.386 e. The summed E-state index contributed by atoms with van der Waals surface area (Å²) >= 11 is 0. The number of amides is 2. The van der Waals surface area contributed by atoms with Crippen molar-refractivity contribution >= 4 is 17.5 Å². The Morgan fingerprint density at radius 1 is 1.24 bits per heavy atom. The van der Waals surface area contributed by atoms with Gasteiger partial charge in [-0.15, -0.1) is 0 Å². The van der Waals surface area contributed by atoms with Gasteiger partial charge < -0.3 is 15.3 Å². The van der Waals surface area contributed by atoms with Gasteiger partial charge in [0.05, 0.1) is 6.10 Å². The summed E-state index contributed by atoms with van der Waals surface area (Å²) in [6.45, 7) is 2.18. The Morgan fingerprint density at radius 2 is 1.92 bits per heavy atom. The van der Waals surface area contributed by atoms with E-state index in [1.54, 1.807) is 12.1 Å². The molecule has 0 bridgehead atoms. The van der Waals surface area contributed by atoms with Crippen LogP contribution in [0, 0.1) is 5.82 Å². The van der Waals surface area contributed by atoms with E-state index in [2.05, 4.69) is 5.32 Å². The molecular weight excluding hydrogens is 323 g/mol. The fourth-order valence-corrected chi connectivity index (χ4v) is 3.06. The van der Waals surface area contributed by atoms with Gasteiger partial charge in [0, 0.05) is 30.3 Å². The fourth-order valence-electron chi connectivity index (χ4n) is 3.06. The monoisotopic (exact) mass is 342 g/mol. The second-order valence-corrected chi connectivity index (χ2v) is 6.12. The molecule has 25 heavy (non-hydrogen) atoms. The highest BCUT2D eigenvalue weighted by Gasteiger charge is 2.32. The van der Waals surface area contributed by atoms with Crippen LogP contribution in [0.25, 0.3) is 0 Å². The number of anilines is 1. The van der Waals surface area contributed by atoms with Crippen LogP contribution in [0.2, 0.25) is 0 Å². The van der Waals surface area contributed by atoms with E-state index >= 15 is 0 Å². The molecule has 0 saturated carbocycles. The van der Waals surface area contributed by atoms with Gasteiger partial charge in [-0.25, -0.2) is 4.39 Å². The van der Waals surface area contributed by atoms with Crippen molar-refractivity contribution in [3.8, 4) is 0 Å². The first-order valence-corrected chi connectivity index (χ1v) is 8.10. The van der Waals surface area contributed by atoms with Crippen molar-refractivity contribution in [3.05, 3.63) is 65.5 Å². The molecule has 1 aliphatic rings. The topological polar surface area (TPSA) is 69.6 Å². The number of carbonyl (C=O) groups excluding carboxylic acids is 2. The van der Waals surface area contributed by atoms with E-state index in [-0.39, 0.29) is 18.0 Å². The average Bonchev–Trinajstić information content (AvgIpc) is 2.96. The molecule has 0 saturated heterocycles. The molecule has 2 N–H and O–H groups in total. The van der Waals surface area contributed by atoms with E-state index in [4.69, 9.17) is 0 Å². The third kappa shape index (κ3) is 3.39. The van der Waals surface area contributed by atoms with Crippen LogP contribution in [0.3, 0.4) is 0 Å². The molecule has 1 heterocycles. The molecule has 5 nitrogen and oxygen atoms in total. The summed E-state index contributed by atoms with van der Waals surface area (Å²) in [7, 11) is 0. The van der Waals surface area contributed by atoms with Crippen molar-refractivity contribution in [2.45, 2.75) is 18.9 Å². The van der Waals surface area contributed by atoms with Crippen LogP contribution in [-0.4, -0.2) is 30.0 Å². The van der Waals surface area contributed by atoms with Crippen LogP contribution in [-0.2, 0) is 9.59 Å². The standard InChI is InChI=1S/C19H19FN2O3/c1-12-11-22(16-9-5-3-6-13(12)16)19(25)18(24)21-10-17(23)14-7-2-4-8-15(14)20/h2-9,12,17,23H,10-11H2,1H3,(H,21,24). The molecule has 2 unspecified atom stereocenters. The number of fused-ring (bicyclic) bond motifs is 1. The number of nitrogens with zero attached hydrogens (tertiary/aromatic N) is 1. The van der Waals surface area contributed by atoms with Gasteiger partial charge in [-0.1, -0.05) is 43.3 Å². The molecule has 0 spiro atoms. The number of carbonyl (C=O) groups is 2. The van der Waals surface area contributed by atoms with Gasteiger partial charge >= 0.3 is 11.8 Å². The van der Waals surface area contributed by atoms with Crippen molar-refractivity contribution in [2.75, 3.05) is 18.0 Å². The molecule has 2 atom stereocenters.